The summed E-state index contributed by atoms with van der Waals surface area (Å²) in [6, 6.07) is 7.27. The van der Waals surface area contributed by atoms with Gasteiger partial charge in [0.1, 0.15) is 5.00 Å². The van der Waals surface area contributed by atoms with Crippen LogP contribution in [0.5, 0.6) is 0 Å². The summed E-state index contributed by atoms with van der Waals surface area (Å²) in [5, 5.41) is 4.10. The molecule has 0 radical (unpaired) electrons. The summed E-state index contributed by atoms with van der Waals surface area (Å²) in [5.74, 6) is -0.615. The Bertz CT molecular complexity index is 888. The number of benzene rings is 1. The Kier molecular flexibility index (Phi) is 7.29. The number of hydrogen-bond acceptors (Lipinski definition) is 4. The first-order chi connectivity index (χ1) is 13.6. The second kappa shape index (κ2) is 9.89. The van der Waals surface area contributed by atoms with Crippen molar-refractivity contribution in [2.45, 2.75) is 45.4 Å². The Balaban J connectivity index is 1.82. The molecule has 2 aromatic rings. The number of fused-ring (bicyclic) bond motifs is 1. The van der Waals surface area contributed by atoms with Crippen LogP contribution in [0.1, 0.15) is 59.0 Å². The first kappa shape index (κ1) is 20.6. The zero-order valence-electron chi connectivity index (χ0n) is 15.9. The molecule has 0 spiro atoms. The standard InChI is InChI=1S/C22H24ClNO3S/c1-2-13-27-22(26)20-17-9-4-3-5-10-18(17)28-21(20)24-19(25)12-11-15-7-6-8-16(23)14-15/h6-8,11-12,14H,2-5,9-10,13H2,1H3,(H,24,25). The fourth-order valence-electron chi connectivity index (χ4n) is 3.25. The van der Waals surface area contributed by atoms with E-state index in [2.05, 4.69) is 5.32 Å². The van der Waals surface area contributed by atoms with Gasteiger partial charge in [-0.3, -0.25) is 4.79 Å². The highest BCUT2D eigenvalue weighted by Gasteiger charge is 2.26. The SMILES string of the molecule is CCCOC(=O)c1c(NC(=O)C=Cc2cccc(Cl)c2)sc2c1CCCCC2. The van der Waals surface area contributed by atoms with Crippen LogP contribution in [0.25, 0.3) is 6.08 Å². The molecule has 148 valence electrons. The molecule has 0 aliphatic heterocycles. The summed E-state index contributed by atoms with van der Waals surface area (Å²) >= 11 is 7.48. The molecule has 0 fully saturated rings. The van der Waals surface area contributed by atoms with E-state index in [0.717, 1.165) is 49.7 Å². The van der Waals surface area contributed by atoms with Gasteiger partial charge in [-0.05, 0) is 61.4 Å². The summed E-state index contributed by atoms with van der Waals surface area (Å²) in [7, 11) is 0. The predicted molar refractivity (Wildman–Crippen MR) is 115 cm³/mol. The topological polar surface area (TPSA) is 55.4 Å². The molecule has 0 saturated heterocycles. The molecule has 6 heteroatoms. The Labute approximate surface area is 174 Å². The van der Waals surface area contributed by atoms with Gasteiger partial charge in [0.25, 0.3) is 0 Å². The summed E-state index contributed by atoms with van der Waals surface area (Å²) in [4.78, 5) is 26.3. The van der Waals surface area contributed by atoms with Gasteiger partial charge in [-0.15, -0.1) is 11.3 Å². The molecular formula is C22H24ClNO3S. The van der Waals surface area contributed by atoms with Crippen molar-refractivity contribution in [1.29, 1.82) is 0 Å². The zero-order chi connectivity index (χ0) is 19.9. The summed E-state index contributed by atoms with van der Waals surface area (Å²) < 4.78 is 5.39. The van der Waals surface area contributed by atoms with Crippen molar-refractivity contribution in [3.63, 3.8) is 0 Å². The molecule has 1 aromatic heterocycles. The average Bonchev–Trinajstić information content (AvgIpc) is 2.85. The van der Waals surface area contributed by atoms with Crippen LogP contribution >= 0.6 is 22.9 Å². The number of ether oxygens (including phenoxy) is 1. The van der Waals surface area contributed by atoms with Crippen LogP contribution in [-0.2, 0) is 22.4 Å². The first-order valence-electron chi connectivity index (χ1n) is 9.64. The minimum atomic E-state index is -0.338. The number of amides is 1. The largest absolute Gasteiger partial charge is 0.462 e. The van der Waals surface area contributed by atoms with E-state index in [1.807, 2.05) is 19.1 Å². The van der Waals surface area contributed by atoms with E-state index < -0.39 is 0 Å². The molecule has 3 rings (SSSR count). The lowest BCUT2D eigenvalue weighted by molar-refractivity contribution is -0.111. The van der Waals surface area contributed by atoms with Gasteiger partial charge in [0.2, 0.25) is 5.91 Å². The van der Waals surface area contributed by atoms with Gasteiger partial charge in [-0.25, -0.2) is 4.79 Å². The molecule has 1 heterocycles. The van der Waals surface area contributed by atoms with Crippen molar-refractivity contribution in [3.8, 4) is 0 Å². The van der Waals surface area contributed by atoms with Gasteiger partial charge >= 0.3 is 5.97 Å². The van der Waals surface area contributed by atoms with Gasteiger partial charge in [0, 0.05) is 16.0 Å². The average molecular weight is 418 g/mol. The molecule has 4 nitrogen and oxygen atoms in total. The Morgan fingerprint density at radius 2 is 2.07 bits per heavy atom. The Morgan fingerprint density at radius 1 is 1.25 bits per heavy atom. The van der Waals surface area contributed by atoms with E-state index in [1.165, 1.54) is 22.3 Å². The number of anilines is 1. The molecule has 1 N–H and O–H groups in total. The lowest BCUT2D eigenvalue weighted by Gasteiger charge is -2.08. The molecule has 0 atom stereocenters. The maximum Gasteiger partial charge on any atom is 0.341 e. The van der Waals surface area contributed by atoms with Crippen LogP contribution in [0.4, 0.5) is 5.00 Å². The van der Waals surface area contributed by atoms with Crippen LogP contribution in [-0.4, -0.2) is 18.5 Å². The van der Waals surface area contributed by atoms with Crippen molar-refractivity contribution >= 4 is 45.9 Å². The maximum atomic E-state index is 12.7. The van der Waals surface area contributed by atoms with Crippen LogP contribution in [0, 0.1) is 0 Å². The fourth-order valence-corrected chi connectivity index (χ4v) is 4.73. The third kappa shape index (κ3) is 5.24. The number of rotatable bonds is 6. The van der Waals surface area contributed by atoms with E-state index >= 15 is 0 Å². The summed E-state index contributed by atoms with van der Waals surface area (Å²) in [6.45, 7) is 2.34. The van der Waals surface area contributed by atoms with Crippen LogP contribution in [0.2, 0.25) is 5.02 Å². The van der Waals surface area contributed by atoms with E-state index in [-0.39, 0.29) is 11.9 Å². The second-order valence-corrected chi connectivity index (χ2v) is 8.32. The minimum absolute atomic E-state index is 0.277. The van der Waals surface area contributed by atoms with Gasteiger partial charge in [0.05, 0.1) is 12.2 Å². The number of carbonyl (C=O) groups excluding carboxylic acids is 2. The lowest BCUT2D eigenvalue weighted by atomic mass is 10.1. The minimum Gasteiger partial charge on any atom is -0.462 e. The number of carbonyl (C=O) groups is 2. The number of halogens is 1. The number of nitrogens with one attached hydrogen (secondary N) is 1. The highest BCUT2D eigenvalue weighted by molar-refractivity contribution is 7.17. The third-order valence-corrected chi connectivity index (χ3v) is 6.02. The Morgan fingerprint density at radius 3 is 2.86 bits per heavy atom. The van der Waals surface area contributed by atoms with Crippen LogP contribution < -0.4 is 5.32 Å². The molecule has 1 amide bonds. The fraction of sp³-hybridized carbons (Fsp3) is 0.364. The first-order valence-corrected chi connectivity index (χ1v) is 10.8. The molecule has 0 unspecified atom stereocenters. The lowest BCUT2D eigenvalue weighted by Crippen LogP contribution is -2.13. The number of esters is 1. The van der Waals surface area contributed by atoms with E-state index in [0.29, 0.717) is 22.2 Å². The number of hydrogen-bond donors (Lipinski definition) is 1. The highest BCUT2D eigenvalue weighted by atomic mass is 35.5. The van der Waals surface area contributed by atoms with Crippen LogP contribution in [0.15, 0.2) is 30.3 Å². The van der Waals surface area contributed by atoms with E-state index in [9.17, 15) is 9.59 Å². The van der Waals surface area contributed by atoms with Crippen molar-refractivity contribution < 1.29 is 14.3 Å². The van der Waals surface area contributed by atoms with Gasteiger partial charge in [0.15, 0.2) is 0 Å². The van der Waals surface area contributed by atoms with Crippen molar-refractivity contribution in [3.05, 3.63) is 56.9 Å². The van der Waals surface area contributed by atoms with Crippen LogP contribution in [0.3, 0.4) is 0 Å². The zero-order valence-corrected chi connectivity index (χ0v) is 17.5. The Hall–Kier alpha value is -2.11. The smallest absolute Gasteiger partial charge is 0.341 e. The summed E-state index contributed by atoms with van der Waals surface area (Å²) in [6.07, 6.45) is 9.06. The van der Waals surface area contributed by atoms with Crippen molar-refractivity contribution in [2.75, 3.05) is 11.9 Å². The molecule has 28 heavy (non-hydrogen) atoms. The van der Waals surface area contributed by atoms with E-state index in [4.69, 9.17) is 16.3 Å². The predicted octanol–water partition coefficient (Wildman–Crippen LogP) is 5.89. The molecule has 0 saturated carbocycles. The quantitative estimate of drug-likeness (QED) is 0.362. The molecule has 1 aliphatic carbocycles. The molecule has 1 aromatic carbocycles. The summed E-state index contributed by atoms with van der Waals surface area (Å²) in [5.41, 5.74) is 2.43. The monoisotopic (exact) mass is 417 g/mol. The number of aryl methyl sites for hydroxylation is 1. The molecular weight excluding hydrogens is 394 g/mol. The van der Waals surface area contributed by atoms with Crippen molar-refractivity contribution in [2.24, 2.45) is 0 Å². The van der Waals surface area contributed by atoms with Gasteiger partial charge in [-0.1, -0.05) is 37.1 Å². The van der Waals surface area contributed by atoms with Crippen molar-refractivity contribution in [1.82, 2.24) is 0 Å². The van der Waals surface area contributed by atoms with Gasteiger partial charge < -0.3 is 10.1 Å². The second-order valence-electron chi connectivity index (χ2n) is 6.78. The normalized spacial score (nSPS) is 13.8. The van der Waals surface area contributed by atoms with E-state index in [1.54, 1.807) is 18.2 Å². The maximum absolute atomic E-state index is 12.7. The highest BCUT2D eigenvalue weighted by Crippen LogP contribution is 2.38. The molecule has 0 bridgehead atoms. The van der Waals surface area contributed by atoms with Gasteiger partial charge in [-0.2, -0.15) is 0 Å². The molecule has 1 aliphatic rings. The number of thiophene rings is 1. The third-order valence-electron chi connectivity index (χ3n) is 4.58.